The van der Waals surface area contributed by atoms with E-state index in [1.165, 1.54) is 24.3 Å². The van der Waals surface area contributed by atoms with Gasteiger partial charge in [-0.1, -0.05) is 48.0 Å². The van der Waals surface area contributed by atoms with Crippen molar-refractivity contribution in [2.45, 2.75) is 28.7 Å². The third-order valence-corrected chi connectivity index (χ3v) is 7.00. The Morgan fingerprint density at radius 2 is 1.53 bits per heavy atom. The normalized spacial score (nSPS) is 12.4. The molecule has 0 unspecified atom stereocenters. The smallest absolute Gasteiger partial charge is 0.307 e. The molecule has 0 radical (unpaired) electrons. The number of aliphatic hydroxyl groups is 1. The highest BCUT2D eigenvalue weighted by molar-refractivity contribution is 7.91. The third kappa shape index (κ3) is 6.40. The Balaban J connectivity index is 1.54. The summed E-state index contributed by atoms with van der Waals surface area (Å²) in [4.78, 5) is 11.1. The number of aliphatic carboxylic acids is 1. The molecule has 1 atom stereocenters. The zero-order valence-corrected chi connectivity index (χ0v) is 18.8. The van der Waals surface area contributed by atoms with Crippen LogP contribution in [0.4, 0.5) is 0 Å². The van der Waals surface area contributed by atoms with Crippen LogP contribution in [0.15, 0.2) is 82.6 Å². The van der Waals surface area contributed by atoms with Gasteiger partial charge in [0.2, 0.25) is 9.84 Å². The van der Waals surface area contributed by atoms with Gasteiger partial charge in [0.1, 0.15) is 0 Å². The highest BCUT2D eigenvalue weighted by Crippen LogP contribution is 2.22. The Kier molecular flexibility index (Phi) is 8.04. The zero-order valence-electron chi connectivity index (χ0n) is 17.2. The Hall–Kier alpha value is -2.71. The van der Waals surface area contributed by atoms with E-state index in [1.54, 1.807) is 42.5 Å². The minimum absolute atomic E-state index is 0.121. The topological polar surface area (TPSA) is 104 Å². The quantitative estimate of drug-likeness (QED) is 0.388. The lowest BCUT2D eigenvalue weighted by molar-refractivity contribution is -0.136. The molecule has 0 aliphatic heterocycles. The molecule has 0 spiro atoms. The summed E-state index contributed by atoms with van der Waals surface area (Å²) < 4.78 is 25.6. The molecule has 0 fully saturated rings. The van der Waals surface area contributed by atoms with E-state index in [9.17, 15) is 18.3 Å². The average molecular weight is 474 g/mol. The Morgan fingerprint density at radius 1 is 0.938 bits per heavy atom. The van der Waals surface area contributed by atoms with Crippen LogP contribution < -0.4 is 5.32 Å². The SMILES string of the molecule is O=C(O)Cc1ccc(S(=O)(=O)c2ccc(CCNC[C@H](O)c3cccc(Cl)c3)cc2)cc1. The number of nitrogens with one attached hydrogen (secondary N) is 1. The van der Waals surface area contributed by atoms with E-state index in [0.717, 1.165) is 11.1 Å². The van der Waals surface area contributed by atoms with E-state index in [4.69, 9.17) is 16.7 Å². The minimum Gasteiger partial charge on any atom is -0.481 e. The van der Waals surface area contributed by atoms with Gasteiger partial charge >= 0.3 is 5.97 Å². The van der Waals surface area contributed by atoms with Crippen molar-refractivity contribution in [3.05, 3.63) is 94.5 Å². The van der Waals surface area contributed by atoms with Gasteiger partial charge in [-0.05, 0) is 66.1 Å². The lowest BCUT2D eigenvalue weighted by Gasteiger charge is -2.12. The van der Waals surface area contributed by atoms with Gasteiger partial charge in [-0.3, -0.25) is 4.79 Å². The van der Waals surface area contributed by atoms with Crippen molar-refractivity contribution in [3.8, 4) is 0 Å². The van der Waals surface area contributed by atoms with Crippen LogP contribution >= 0.6 is 11.6 Å². The maximum atomic E-state index is 12.8. The molecule has 3 aromatic carbocycles. The van der Waals surface area contributed by atoms with E-state index in [-0.39, 0.29) is 16.2 Å². The summed E-state index contributed by atoms with van der Waals surface area (Å²) in [6.45, 7) is 0.999. The molecule has 0 aliphatic carbocycles. The maximum absolute atomic E-state index is 12.8. The van der Waals surface area contributed by atoms with Crippen LogP contribution in [0.2, 0.25) is 5.02 Å². The molecule has 6 nitrogen and oxygen atoms in total. The Bertz CT molecular complexity index is 1160. The van der Waals surface area contributed by atoms with Crippen LogP contribution in [0.3, 0.4) is 0 Å². The second kappa shape index (κ2) is 10.7. The number of hydrogen-bond acceptors (Lipinski definition) is 5. The fraction of sp³-hybridized carbons (Fsp3) is 0.208. The summed E-state index contributed by atoms with van der Waals surface area (Å²) in [6.07, 6.45) is -0.144. The Labute approximate surface area is 192 Å². The standard InChI is InChI=1S/C24H24ClNO5S/c25-20-3-1-2-19(15-20)23(27)16-26-13-12-17-4-8-21(9-5-17)32(30,31)22-10-6-18(7-11-22)14-24(28)29/h1-11,15,23,26-27H,12-14,16H2,(H,28,29)/t23-/m0/s1. The molecular weight excluding hydrogens is 450 g/mol. The van der Waals surface area contributed by atoms with E-state index in [2.05, 4.69) is 5.32 Å². The second-order valence-electron chi connectivity index (χ2n) is 7.39. The number of halogens is 1. The van der Waals surface area contributed by atoms with Crippen LogP contribution in [0.1, 0.15) is 22.8 Å². The van der Waals surface area contributed by atoms with Gasteiger partial charge in [-0.15, -0.1) is 0 Å². The first-order chi connectivity index (χ1) is 15.3. The van der Waals surface area contributed by atoms with Gasteiger partial charge in [0, 0.05) is 11.6 Å². The summed E-state index contributed by atoms with van der Waals surface area (Å²) in [5.74, 6) is -0.968. The number of benzene rings is 3. The minimum atomic E-state index is -3.68. The molecule has 0 amide bonds. The van der Waals surface area contributed by atoms with Gasteiger partial charge in [-0.2, -0.15) is 0 Å². The van der Waals surface area contributed by atoms with Crippen molar-refractivity contribution in [1.29, 1.82) is 0 Å². The molecule has 0 saturated carbocycles. The summed E-state index contributed by atoms with van der Waals surface area (Å²) in [5.41, 5.74) is 2.25. The molecule has 168 valence electrons. The first kappa shape index (κ1) is 23.9. The lowest BCUT2D eigenvalue weighted by atomic mass is 10.1. The van der Waals surface area contributed by atoms with Gasteiger partial charge in [-0.25, -0.2) is 8.42 Å². The van der Waals surface area contributed by atoms with Crippen molar-refractivity contribution in [3.63, 3.8) is 0 Å². The summed E-state index contributed by atoms with van der Waals surface area (Å²) in [5, 5.41) is 22.8. The number of hydrogen-bond donors (Lipinski definition) is 3. The molecule has 0 saturated heterocycles. The van der Waals surface area contributed by atoms with E-state index < -0.39 is 21.9 Å². The van der Waals surface area contributed by atoms with Crippen molar-refractivity contribution < 1.29 is 23.4 Å². The van der Waals surface area contributed by atoms with Gasteiger partial charge < -0.3 is 15.5 Å². The predicted molar refractivity (Wildman–Crippen MR) is 123 cm³/mol. The van der Waals surface area contributed by atoms with E-state index >= 15 is 0 Å². The summed E-state index contributed by atoms with van der Waals surface area (Å²) >= 11 is 5.94. The first-order valence-corrected chi connectivity index (χ1v) is 11.9. The van der Waals surface area contributed by atoms with Crippen LogP contribution in [0, 0.1) is 0 Å². The molecule has 32 heavy (non-hydrogen) atoms. The van der Waals surface area contributed by atoms with Gasteiger partial charge in [0.25, 0.3) is 0 Å². The second-order valence-corrected chi connectivity index (χ2v) is 9.77. The third-order valence-electron chi connectivity index (χ3n) is 4.98. The molecule has 0 aliphatic rings. The van der Waals surface area contributed by atoms with Crippen LogP contribution in [-0.4, -0.2) is 37.7 Å². The predicted octanol–water partition coefficient (Wildman–Crippen LogP) is 3.67. The Morgan fingerprint density at radius 3 is 2.09 bits per heavy atom. The largest absolute Gasteiger partial charge is 0.481 e. The van der Waals surface area contributed by atoms with E-state index in [1.807, 2.05) is 6.07 Å². The molecule has 3 aromatic rings. The fourth-order valence-corrected chi connectivity index (χ4v) is 4.70. The van der Waals surface area contributed by atoms with Gasteiger partial charge in [0.15, 0.2) is 0 Å². The summed E-state index contributed by atoms with van der Waals surface area (Å²) in [7, 11) is -3.68. The molecule has 0 bridgehead atoms. The molecule has 8 heteroatoms. The number of carboxylic acids is 1. The van der Waals surface area contributed by atoms with Crippen LogP contribution in [0.5, 0.6) is 0 Å². The monoisotopic (exact) mass is 473 g/mol. The maximum Gasteiger partial charge on any atom is 0.307 e. The molecule has 0 heterocycles. The number of rotatable bonds is 10. The van der Waals surface area contributed by atoms with Crippen molar-refractivity contribution in [2.75, 3.05) is 13.1 Å². The van der Waals surface area contributed by atoms with Gasteiger partial charge in [0.05, 0.1) is 22.3 Å². The van der Waals surface area contributed by atoms with Crippen LogP contribution in [0.25, 0.3) is 0 Å². The van der Waals surface area contributed by atoms with Crippen molar-refractivity contribution >= 4 is 27.4 Å². The molecule has 3 N–H and O–H groups in total. The first-order valence-electron chi connectivity index (χ1n) is 10.0. The zero-order chi connectivity index (χ0) is 23.1. The molecular formula is C24H24ClNO5S. The lowest BCUT2D eigenvalue weighted by Crippen LogP contribution is -2.23. The van der Waals surface area contributed by atoms with Crippen molar-refractivity contribution in [1.82, 2.24) is 5.32 Å². The fourth-order valence-electron chi connectivity index (χ4n) is 3.24. The highest BCUT2D eigenvalue weighted by atomic mass is 35.5. The number of aliphatic hydroxyl groups excluding tert-OH is 1. The van der Waals surface area contributed by atoms with E-state index in [0.29, 0.717) is 30.1 Å². The van der Waals surface area contributed by atoms with Crippen molar-refractivity contribution in [2.24, 2.45) is 0 Å². The highest BCUT2D eigenvalue weighted by Gasteiger charge is 2.17. The molecule has 3 rings (SSSR count). The summed E-state index contributed by atoms with van der Waals surface area (Å²) in [6, 6.07) is 19.6. The number of sulfone groups is 1. The average Bonchev–Trinajstić information content (AvgIpc) is 2.77. The van der Waals surface area contributed by atoms with Crippen LogP contribution in [-0.2, 0) is 27.5 Å². The number of carbonyl (C=O) groups is 1. The number of carboxylic acid groups (broad SMARTS) is 1. The molecule has 0 aromatic heterocycles.